The number of hydrogen-bond acceptors (Lipinski definition) is 4. The maximum atomic E-state index is 11.8. The number of benzene rings is 2. The smallest absolute Gasteiger partial charge is 0.340 e. The summed E-state index contributed by atoms with van der Waals surface area (Å²) in [5.41, 5.74) is 1.07. The number of methoxy groups -OCH3 is 1. The van der Waals surface area contributed by atoms with Crippen LogP contribution >= 0.6 is 11.8 Å². The molecule has 3 nitrogen and oxygen atoms in total. The summed E-state index contributed by atoms with van der Waals surface area (Å²) in [4.78, 5) is 12.9. The first-order valence-electron chi connectivity index (χ1n) is 5.89. The summed E-state index contributed by atoms with van der Waals surface area (Å²) >= 11 is 1.50. The molecule has 2 aromatic rings. The Morgan fingerprint density at radius 2 is 1.89 bits per heavy atom. The van der Waals surface area contributed by atoms with Gasteiger partial charge in [-0.3, -0.25) is 0 Å². The third-order valence-electron chi connectivity index (χ3n) is 2.94. The van der Waals surface area contributed by atoms with E-state index in [1.807, 2.05) is 36.4 Å². The molecule has 1 aliphatic heterocycles. The molecule has 4 heteroatoms. The van der Waals surface area contributed by atoms with Crippen LogP contribution in [-0.4, -0.2) is 13.1 Å². The van der Waals surface area contributed by atoms with E-state index in [4.69, 9.17) is 9.47 Å². The molecule has 1 atom stereocenters. The van der Waals surface area contributed by atoms with Crippen LogP contribution in [0.1, 0.15) is 21.4 Å². The highest BCUT2D eigenvalue weighted by Crippen LogP contribution is 2.46. The highest BCUT2D eigenvalue weighted by atomic mass is 32.2. The Labute approximate surface area is 115 Å². The first-order chi connectivity index (χ1) is 9.29. The number of hydrogen-bond donors (Lipinski definition) is 0. The third-order valence-corrected chi connectivity index (χ3v) is 4.03. The molecule has 0 radical (unpaired) electrons. The van der Waals surface area contributed by atoms with Crippen molar-refractivity contribution in [2.75, 3.05) is 7.11 Å². The van der Waals surface area contributed by atoms with Crippen molar-refractivity contribution in [3.05, 3.63) is 59.7 Å². The molecule has 0 saturated heterocycles. The average molecular weight is 272 g/mol. The van der Waals surface area contributed by atoms with Gasteiger partial charge in [0.05, 0.1) is 18.2 Å². The zero-order valence-electron chi connectivity index (χ0n) is 10.3. The Kier molecular flexibility index (Phi) is 3.17. The van der Waals surface area contributed by atoms with Crippen molar-refractivity contribution in [1.82, 2.24) is 0 Å². The van der Waals surface area contributed by atoms with Crippen LogP contribution in [0.4, 0.5) is 0 Å². The normalized spacial score (nSPS) is 16.9. The fraction of sp³-hybridized carbons (Fsp3) is 0.133. The van der Waals surface area contributed by atoms with Gasteiger partial charge in [-0.25, -0.2) is 4.79 Å². The Balaban J connectivity index is 1.97. The molecule has 0 aromatic heterocycles. The summed E-state index contributed by atoms with van der Waals surface area (Å²) in [6, 6.07) is 15.3. The zero-order chi connectivity index (χ0) is 13.2. The Hall–Kier alpha value is -1.94. The van der Waals surface area contributed by atoms with E-state index in [9.17, 15) is 4.79 Å². The molecule has 1 unspecified atom stereocenters. The van der Waals surface area contributed by atoms with Crippen molar-refractivity contribution in [1.29, 1.82) is 0 Å². The molecule has 0 amide bonds. The maximum Gasteiger partial charge on any atom is 0.340 e. The van der Waals surface area contributed by atoms with Gasteiger partial charge in [0, 0.05) is 4.90 Å². The fourth-order valence-electron chi connectivity index (χ4n) is 2.07. The summed E-state index contributed by atoms with van der Waals surface area (Å²) in [6.45, 7) is 0. The Morgan fingerprint density at radius 3 is 2.63 bits per heavy atom. The van der Waals surface area contributed by atoms with E-state index < -0.39 is 0 Å². The molecule has 0 saturated carbocycles. The largest absolute Gasteiger partial charge is 0.496 e. The van der Waals surface area contributed by atoms with Gasteiger partial charge in [-0.05, 0) is 24.3 Å². The fourth-order valence-corrected chi connectivity index (χ4v) is 3.13. The van der Waals surface area contributed by atoms with E-state index in [0.29, 0.717) is 11.3 Å². The predicted molar refractivity (Wildman–Crippen MR) is 73.4 cm³/mol. The lowest BCUT2D eigenvalue weighted by Crippen LogP contribution is -1.95. The number of cyclic esters (lactones) is 1. The van der Waals surface area contributed by atoms with Gasteiger partial charge in [0.25, 0.3) is 0 Å². The molecule has 0 bridgehead atoms. The van der Waals surface area contributed by atoms with Crippen LogP contribution in [0.25, 0.3) is 0 Å². The van der Waals surface area contributed by atoms with Crippen LogP contribution in [0.3, 0.4) is 0 Å². The van der Waals surface area contributed by atoms with Gasteiger partial charge in [-0.2, -0.15) is 0 Å². The van der Waals surface area contributed by atoms with Crippen LogP contribution in [0.2, 0.25) is 0 Å². The van der Waals surface area contributed by atoms with Crippen LogP contribution in [-0.2, 0) is 4.74 Å². The minimum atomic E-state index is -0.346. The van der Waals surface area contributed by atoms with E-state index >= 15 is 0 Å². The van der Waals surface area contributed by atoms with Crippen LogP contribution in [0.15, 0.2) is 53.4 Å². The highest BCUT2D eigenvalue weighted by Gasteiger charge is 2.34. The van der Waals surface area contributed by atoms with Crippen molar-refractivity contribution < 1.29 is 14.3 Å². The topological polar surface area (TPSA) is 35.5 Å². The number of esters is 1. The van der Waals surface area contributed by atoms with Gasteiger partial charge >= 0.3 is 5.97 Å². The van der Waals surface area contributed by atoms with Crippen molar-refractivity contribution in [2.24, 2.45) is 0 Å². The third kappa shape index (κ3) is 2.19. The van der Waals surface area contributed by atoms with Crippen molar-refractivity contribution in [3.63, 3.8) is 0 Å². The number of carbonyl (C=O) groups is 1. The molecule has 0 fully saturated rings. The summed E-state index contributed by atoms with van der Waals surface area (Å²) in [7, 11) is 1.60. The standard InChI is InChI=1S/C15H12O3S/c1-17-12-9-5-8-11-13(12)15(18-14(11)16)19-10-6-3-2-4-7-10/h2-9,15H,1H3. The van der Waals surface area contributed by atoms with E-state index in [1.54, 1.807) is 19.2 Å². The number of fused-ring (bicyclic) bond motifs is 1. The zero-order valence-corrected chi connectivity index (χ0v) is 11.1. The van der Waals surface area contributed by atoms with Crippen molar-refractivity contribution >= 4 is 17.7 Å². The van der Waals surface area contributed by atoms with Crippen LogP contribution in [0, 0.1) is 0 Å². The lowest BCUT2D eigenvalue weighted by Gasteiger charge is -2.12. The van der Waals surface area contributed by atoms with E-state index in [-0.39, 0.29) is 11.4 Å². The number of rotatable bonds is 3. The molecular formula is C15H12O3S. The van der Waals surface area contributed by atoms with Gasteiger partial charge in [-0.15, -0.1) is 0 Å². The van der Waals surface area contributed by atoms with E-state index in [1.165, 1.54) is 11.8 Å². The Bertz CT molecular complexity index is 610. The molecule has 0 spiro atoms. The monoisotopic (exact) mass is 272 g/mol. The van der Waals surface area contributed by atoms with Gasteiger partial charge < -0.3 is 9.47 Å². The van der Waals surface area contributed by atoms with Gasteiger partial charge in [0.1, 0.15) is 5.75 Å². The molecule has 3 rings (SSSR count). The van der Waals surface area contributed by atoms with Crippen molar-refractivity contribution in [2.45, 2.75) is 10.3 Å². The molecule has 19 heavy (non-hydrogen) atoms. The molecule has 96 valence electrons. The molecule has 2 aromatic carbocycles. The van der Waals surface area contributed by atoms with E-state index in [0.717, 1.165) is 10.5 Å². The van der Waals surface area contributed by atoms with Crippen LogP contribution in [0.5, 0.6) is 5.75 Å². The van der Waals surface area contributed by atoms with Crippen LogP contribution < -0.4 is 4.74 Å². The lowest BCUT2D eigenvalue weighted by molar-refractivity contribution is 0.0521. The summed E-state index contributed by atoms with van der Waals surface area (Å²) in [6.07, 6.45) is 0. The second-order valence-electron chi connectivity index (χ2n) is 4.09. The molecule has 0 N–H and O–H groups in total. The summed E-state index contributed by atoms with van der Waals surface area (Å²) in [5.74, 6) is 0.402. The van der Waals surface area contributed by atoms with Crippen molar-refractivity contribution in [3.8, 4) is 5.75 Å². The average Bonchev–Trinajstić information content (AvgIpc) is 2.77. The number of ether oxygens (including phenoxy) is 2. The highest BCUT2D eigenvalue weighted by molar-refractivity contribution is 7.99. The first-order valence-corrected chi connectivity index (χ1v) is 6.77. The van der Waals surface area contributed by atoms with Gasteiger partial charge in [-0.1, -0.05) is 36.0 Å². The molecule has 1 aliphatic rings. The second-order valence-corrected chi connectivity index (χ2v) is 5.22. The second kappa shape index (κ2) is 4.97. The number of carbonyl (C=O) groups excluding carboxylic acids is 1. The summed E-state index contributed by atoms with van der Waals surface area (Å²) in [5, 5.41) is 0. The van der Waals surface area contributed by atoms with E-state index in [2.05, 4.69) is 0 Å². The minimum absolute atomic E-state index is 0.290. The maximum absolute atomic E-state index is 11.8. The number of thioether (sulfide) groups is 1. The lowest BCUT2D eigenvalue weighted by atomic mass is 10.1. The molecular weight excluding hydrogens is 260 g/mol. The minimum Gasteiger partial charge on any atom is -0.496 e. The van der Waals surface area contributed by atoms with Gasteiger partial charge in [0.2, 0.25) is 0 Å². The quantitative estimate of drug-likeness (QED) is 0.799. The predicted octanol–water partition coefficient (Wildman–Crippen LogP) is 3.66. The molecule has 1 heterocycles. The Morgan fingerprint density at radius 1 is 1.11 bits per heavy atom. The van der Waals surface area contributed by atoms with Gasteiger partial charge in [0.15, 0.2) is 5.44 Å². The SMILES string of the molecule is COc1cccc2c1C(Sc1ccccc1)OC2=O. The molecule has 0 aliphatic carbocycles. The summed E-state index contributed by atoms with van der Waals surface area (Å²) < 4.78 is 10.8. The first kappa shape index (κ1) is 12.1.